The van der Waals surface area contributed by atoms with Crippen LogP contribution in [-0.2, 0) is 23.4 Å². The number of aliphatic hydroxyl groups excluding tert-OH is 1. The van der Waals surface area contributed by atoms with E-state index >= 15 is 4.39 Å². The van der Waals surface area contributed by atoms with Gasteiger partial charge in [-0.2, -0.15) is 5.09 Å². The Morgan fingerprint density at radius 1 is 1.26 bits per heavy atom. The third-order valence-electron chi connectivity index (χ3n) is 5.77. The Bertz CT molecular complexity index is 1340. The number of anilines is 1. The lowest BCUT2D eigenvalue weighted by molar-refractivity contribution is -0.149. The number of hydrogen-bond acceptors (Lipinski definition) is 11. The molecule has 1 aliphatic heterocycles. The molecule has 4 rings (SSSR count). The third-order valence-corrected chi connectivity index (χ3v) is 7.42. The van der Waals surface area contributed by atoms with Gasteiger partial charge in [-0.1, -0.05) is 18.2 Å². The summed E-state index contributed by atoms with van der Waals surface area (Å²) < 4.78 is 52.5. The number of aromatic nitrogens is 4. The van der Waals surface area contributed by atoms with Gasteiger partial charge in [0.25, 0.3) is 0 Å². The second kappa shape index (κ2) is 11.9. The molecule has 0 bridgehead atoms. The van der Waals surface area contributed by atoms with E-state index in [-0.39, 0.29) is 5.75 Å². The molecule has 2 aromatic heterocycles. The number of esters is 1. The van der Waals surface area contributed by atoms with Gasteiger partial charge in [-0.25, -0.2) is 23.9 Å². The first kappa shape index (κ1) is 28.8. The monoisotopic (exact) mass is 566 g/mol. The van der Waals surface area contributed by atoms with Crippen molar-refractivity contribution in [3.8, 4) is 5.75 Å². The number of aliphatic hydroxyl groups is 1. The summed E-state index contributed by atoms with van der Waals surface area (Å²) in [6.45, 7) is 5.96. The number of fused-ring (bicyclic) bond motifs is 1. The van der Waals surface area contributed by atoms with Gasteiger partial charge in [0, 0.05) is 7.05 Å². The lowest BCUT2D eigenvalue weighted by Crippen LogP contribution is -2.37. The van der Waals surface area contributed by atoms with E-state index in [0.717, 1.165) is 0 Å². The molecule has 1 aromatic carbocycles. The molecule has 3 heterocycles. The second-order valence-electron chi connectivity index (χ2n) is 9.23. The molecule has 0 spiro atoms. The molecule has 15 heteroatoms. The smallest absolute Gasteiger partial charge is 0.459 e. The number of nitrogens with zero attached hydrogens (tertiary/aromatic N) is 4. The lowest BCUT2D eigenvalue weighted by atomic mass is 10.1. The van der Waals surface area contributed by atoms with Crippen molar-refractivity contribution < 1.29 is 37.4 Å². The first-order chi connectivity index (χ1) is 18.5. The molecule has 1 fully saturated rings. The van der Waals surface area contributed by atoms with Crippen molar-refractivity contribution in [3.63, 3.8) is 0 Å². The fourth-order valence-electron chi connectivity index (χ4n) is 3.96. The zero-order valence-corrected chi connectivity index (χ0v) is 23.0. The van der Waals surface area contributed by atoms with Gasteiger partial charge >= 0.3 is 13.7 Å². The number of carbonyl (C=O) groups excluding carboxylic acids is 1. The Morgan fingerprint density at radius 2 is 1.97 bits per heavy atom. The molecule has 0 aliphatic carbocycles. The molecule has 3 N–H and O–H groups in total. The van der Waals surface area contributed by atoms with Crippen molar-refractivity contribution in [2.24, 2.45) is 0 Å². The number of para-hydroxylation sites is 1. The van der Waals surface area contributed by atoms with Crippen LogP contribution in [-0.4, -0.2) is 74.8 Å². The molecule has 1 aliphatic rings. The summed E-state index contributed by atoms with van der Waals surface area (Å²) in [6, 6.07) is 7.11. The van der Waals surface area contributed by atoms with Crippen molar-refractivity contribution in [3.05, 3.63) is 42.5 Å². The Hall–Kier alpha value is -3.16. The topological polar surface area (TPSA) is 159 Å². The maximum atomic E-state index is 15.3. The van der Waals surface area contributed by atoms with Crippen LogP contribution in [0.2, 0.25) is 0 Å². The molecule has 6 atom stereocenters. The van der Waals surface area contributed by atoms with E-state index in [4.69, 9.17) is 18.5 Å². The van der Waals surface area contributed by atoms with E-state index in [1.165, 1.54) is 17.8 Å². The zero-order chi connectivity index (χ0) is 28.3. The summed E-state index contributed by atoms with van der Waals surface area (Å²) >= 11 is 0. The molecule has 212 valence electrons. The predicted molar refractivity (Wildman–Crippen MR) is 139 cm³/mol. The second-order valence-corrected chi connectivity index (χ2v) is 10.9. The Balaban J connectivity index is 1.52. The van der Waals surface area contributed by atoms with Crippen molar-refractivity contribution in [1.29, 1.82) is 0 Å². The summed E-state index contributed by atoms with van der Waals surface area (Å²) in [7, 11) is -2.57. The van der Waals surface area contributed by atoms with Crippen LogP contribution < -0.4 is 14.9 Å². The van der Waals surface area contributed by atoms with Gasteiger partial charge in [-0.3, -0.25) is 13.9 Å². The molecule has 0 saturated carbocycles. The van der Waals surface area contributed by atoms with Crippen LogP contribution in [0.1, 0.15) is 32.8 Å². The normalized spacial score (nSPS) is 23.5. The highest BCUT2D eigenvalue weighted by Gasteiger charge is 2.47. The fraction of sp³-hybridized carbons (Fsp3) is 0.500. The van der Waals surface area contributed by atoms with Gasteiger partial charge in [0.2, 0.25) is 0 Å². The highest BCUT2D eigenvalue weighted by Crippen LogP contribution is 2.46. The number of benzene rings is 1. The Kier molecular flexibility index (Phi) is 8.82. The Labute approximate surface area is 224 Å². The average molecular weight is 567 g/mol. The number of ether oxygens (including phenoxy) is 2. The number of carbonyl (C=O) groups is 1. The fourth-order valence-corrected chi connectivity index (χ4v) is 5.46. The number of aryl methyl sites for hydroxylation is 1. The average Bonchev–Trinajstić information content (AvgIpc) is 3.42. The minimum atomic E-state index is -4.24. The van der Waals surface area contributed by atoms with Crippen LogP contribution in [0.15, 0.2) is 36.7 Å². The van der Waals surface area contributed by atoms with Crippen LogP contribution in [0.25, 0.3) is 11.2 Å². The number of nitrogens with one attached hydrogen (secondary N) is 2. The van der Waals surface area contributed by atoms with Crippen LogP contribution in [0.3, 0.4) is 0 Å². The van der Waals surface area contributed by atoms with Gasteiger partial charge in [-0.15, -0.1) is 0 Å². The van der Waals surface area contributed by atoms with Crippen LogP contribution in [0, 0.1) is 6.92 Å². The van der Waals surface area contributed by atoms with Gasteiger partial charge in [0.1, 0.15) is 29.8 Å². The van der Waals surface area contributed by atoms with Crippen LogP contribution in [0.4, 0.5) is 10.2 Å². The van der Waals surface area contributed by atoms with E-state index in [1.807, 2.05) is 0 Å². The summed E-state index contributed by atoms with van der Waals surface area (Å²) in [5, 5.41) is 16.1. The standard InChI is InChI=1S/C24H32FN6O7P/c1-13(2)36-24(33)14(3)30-39(34,38-16-9-7-6-8-10-16)35-11-17-20(32)18(25)23(37-17)31-12-27-19-21(26-5)28-15(4)29-22(19)31/h6-10,12-14,17-18,20,23,32H,11H2,1-5H3,(H,30,34)(H,26,28,29)/t14-,17-,18+,20-,23-,39+/m1/s1. The van der Waals surface area contributed by atoms with Crippen LogP contribution >= 0.6 is 7.75 Å². The zero-order valence-electron chi connectivity index (χ0n) is 22.1. The predicted octanol–water partition coefficient (Wildman–Crippen LogP) is 2.91. The molecule has 1 saturated heterocycles. The molecule has 3 aromatic rings. The molecule has 0 unspecified atom stereocenters. The number of hydrogen-bond donors (Lipinski definition) is 3. The first-order valence-corrected chi connectivity index (χ1v) is 13.9. The maximum absolute atomic E-state index is 15.3. The maximum Gasteiger partial charge on any atom is 0.459 e. The van der Waals surface area contributed by atoms with E-state index in [0.29, 0.717) is 22.8 Å². The summed E-state index contributed by atoms with van der Waals surface area (Å²) in [5.41, 5.74) is 0.714. The number of imidazole rings is 1. The molecular formula is C24H32FN6O7P. The Morgan fingerprint density at radius 3 is 2.64 bits per heavy atom. The minimum Gasteiger partial charge on any atom is -0.462 e. The third kappa shape index (κ3) is 6.53. The van der Waals surface area contributed by atoms with Crippen molar-refractivity contribution >= 4 is 30.7 Å². The van der Waals surface area contributed by atoms with E-state index in [2.05, 4.69) is 25.4 Å². The quantitative estimate of drug-likeness (QED) is 0.230. The van der Waals surface area contributed by atoms with Crippen molar-refractivity contribution in [1.82, 2.24) is 24.6 Å². The van der Waals surface area contributed by atoms with Gasteiger partial charge < -0.3 is 24.4 Å². The molecule has 39 heavy (non-hydrogen) atoms. The van der Waals surface area contributed by atoms with Gasteiger partial charge in [-0.05, 0) is 39.8 Å². The highest BCUT2D eigenvalue weighted by molar-refractivity contribution is 7.52. The van der Waals surface area contributed by atoms with E-state index < -0.39 is 57.1 Å². The van der Waals surface area contributed by atoms with Gasteiger partial charge in [0.05, 0.1) is 19.0 Å². The number of halogens is 1. The summed E-state index contributed by atoms with van der Waals surface area (Å²) in [6.07, 6.45) is -5.09. The SMILES string of the molecule is CNc1nc(C)nc2c1ncn2[C@@H]1O[C@H](CO[P@@](=O)(N[C@H](C)C(=O)OC(C)C)Oc2ccccc2)[C@@H](O)[C@@H]1F. The number of alkyl halides is 1. The molecule has 0 amide bonds. The number of rotatable bonds is 11. The van der Waals surface area contributed by atoms with E-state index in [9.17, 15) is 14.5 Å². The van der Waals surface area contributed by atoms with Crippen molar-refractivity contribution in [2.45, 2.75) is 64.4 Å². The summed E-state index contributed by atoms with van der Waals surface area (Å²) in [5.74, 6) is 0.418. The lowest BCUT2D eigenvalue weighted by Gasteiger charge is -2.25. The molecular weight excluding hydrogens is 534 g/mol. The largest absolute Gasteiger partial charge is 0.462 e. The first-order valence-electron chi connectivity index (χ1n) is 12.4. The van der Waals surface area contributed by atoms with E-state index in [1.54, 1.807) is 58.2 Å². The minimum absolute atomic E-state index is 0.201. The summed E-state index contributed by atoms with van der Waals surface area (Å²) in [4.78, 5) is 25.2. The van der Waals surface area contributed by atoms with Crippen molar-refractivity contribution in [2.75, 3.05) is 19.0 Å². The van der Waals surface area contributed by atoms with Gasteiger partial charge in [0.15, 0.2) is 29.4 Å². The highest BCUT2D eigenvalue weighted by atomic mass is 31.2. The van der Waals surface area contributed by atoms with Crippen LogP contribution in [0.5, 0.6) is 5.75 Å². The molecule has 13 nitrogen and oxygen atoms in total. The molecule has 0 radical (unpaired) electrons.